The Hall–Kier alpha value is -3.59. The number of benzene rings is 2. The molecule has 0 atom stereocenters. The lowest BCUT2D eigenvalue weighted by Crippen LogP contribution is -2.18. The van der Waals surface area contributed by atoms with Crippen molar-refractivity contribution in [3.8, 4) is 11.5 Å². The van der Waals surface area contributed by atoms with Crippen LogP contribution in [0.25, 0.3) is 0 Å². The number of amides is 2. The third-order valence-corrected chi connectivity index (χ3v) is 4.88. The summed E-state index contributed by atoms with van der Waals surface area (Å²) < 4.78 is 44.6. The molecule has 2 aromatic carbocycles. The van der Waals surface area contributed by atoms with Crippen LogP contribution in [0.5, 0.6) is 11.5 Å². The molecule has 0 saturated heterocycles. The largest absolute Gasteiger partial charge is 0.457 e. The molecule has 10 heteroatoms. The molecule has 3 aromatic rings. The SMILES string of the molecule is CC.CNC(=O)c1cc(Oc2ccc(CCC(=O)Nc3ccc(Cl)c(C(F)(F)F)c3)cc2)ccn1. The quantitative estimate of drug-likeness (QED) is 0.382. The van der Waals surface area contributed by atoms with Gasteiger partial charge >= 0.3 is 6.18 Å². The smallest absolute Gasteiger partial charge is 0.417 e. The van der Waals surface area contributed by atoms with Gasteiger partial charge in [0.15, 0.2) is 0 Å². The molecule has 0 saturated carbocycles. The molecule has 0 radical (unpaired) electrons. The van der Waals surface area contributed by atoms with E-state index in [0.29, 0.717) is 17.9 Å². The van der Waals surface area contributed by atoms with Crippen LogP contribution in [0.15, 0.2) is 60.8 Å². The summed E-state index contributed by atoms with van der Waals surface area (Å²) in [7, 11) is 1.51. The highest BCUT2D eigenvalue weighted by Crippen LogP contribution is 2.36. The van der Waals surface area contributed by atoms with Gasteiger partial charge in [-0.15, -0.1) is 0 Å². The van der Waals surface area contributed by atoms with E-state index in [1.807, 2.05) is 13.8 Å². The summed E-state index contributed by atoms with van der Waals surface area (Å²) in [6, 6.07) is 13.3. The third-order valence-electron chi connectivity index (χ3n) is 4.55. The Morgan fingerprint density at radius 1 is 1.00 bits per heavy atom. The van der Waals surface area contributed by atoms with Crippen LogP contribution in [-0.4, -0.2) is 23.8 Å². The molecule has 0 aliphatic carbocycles. The van der Waals surface area contributed by atoms with Crippen molar-refractivity contribution in [1.82, 2.24) is 10.3 Å². The van der Waals surface area contributed by atoms with Crippen molar-refractivity contribution in [1.29, 1.82) is 0 Å². The standard InChI is InChI=1S/C23H19ClF3N3O3.C2H6/c1-28-22(32)20-13-17(10-11-29-20)33-16-6-2-14(3-7-16)4-9-21(31)30-15-5-8-19(24)18(12-15)23(25,26)27;1-2/h2-3,5-8,10-13H,4,9H2,1H3,(H,28,32)(H,30,31);1-2H3. The number of halogens is 4. The molecule has 0 spiro atoms. The van der Waals surface area contributed by atoms with Crippen molar-refractivity contribution in [3.63, 3.8) is 0 Å². The number of carbonyl (C=O) groups is 2. The number of rotatable bonds is 7. The molecule has 2 N–H and O–H groups in total. The van der Waals surface area contributed by atoms with Crippen LogP contribution < -0.4 is 15.4 Å². The zero-order valence-corrected chi connectivity index (χ0v) is 20.1. The third kappa shape index (κ3) is 8.29. The number of nitrogens with one attached hydrogen (secondary N) is 2. The van der Waals surface area contributed by atoms with Gasteiger partial charge in [-0.2, -0.15) is 13.2 Å². The number of aromatic nitrogens is 1. The summed E-state index contributed by atoms with van der Waals surface area (Å²) in [5.74, 6) is 0.210. The van der Waals surface area contributed by atoms with Gasteiger partial charge in [-0.1, -0.05) is 37.6 Å². The van der Waals surface area contributed by atoms with Crippen LogP contribution in [0.1, 0.15) is 41.9 Å². The Labute approximate surface area is 206 Å². The highest BCUT2D eigenvalue weighted by atomic mass is 35.5. The van der Waals surface area contributed by atoms with Gasteiger partial charge in [0.25, 0.3) is 5.91 Å². The molecule has 35 heavy (non-hydrogen) atoms. The van der Waals surface area contributed by atoms with Crippen LogP contribution in [-0.2, 0) is 17.4 Å². The van der Waals surface area contributed by atoms with E-state index in [4.69, 9.17) is 16.3 Å². The number of nitrogens with zero attached hydrogens (tertiary/aromatic N) is 1. The molecule has 0 bridgehead atoms. The summed E-state index contributed by atoms with van der Waals surface area (Å²) in [6.45, 7) is 4.00. The first-order chi connectivity index (χ1) is 16.7. The predicted molar refractivity (Wildman–Crippen MR) is 129 cm³/mol. The number of hydrogen-bond donors (Lipinski definition) is 2. The molecule has 2 amide bonds. The maximum Gasteiger partial charge on any atom is 0.417 e. The first kappa shape index (κ1) is 27.7. The topological polar surface area (TPSA) is 80.3 Å². The van der Waals surface area contributed by atoms with Crippen molar-refractivity contribution in [2.45, 2.75) is 32.9 Å². The Morgan fingerprint density at radius 2 is 1.69 bits per heavy atom. The van der Waals surface area contributed by atoms with E-state index in [1.165, 1.54) is 25.4 Å². The molecule has 0 aliphatic heterocycles. The molecule has 0 unspecified atom stereocenters. The minimum Gasteiger partial charge on any atom is -0.457 e. The molecule has 186 valence electrons. The van der Waals surface area contributed by atoms with E-state index < -0.39 is 22.7 Å². The number of carbonyl (C=O) groups excluding carboxylic acids is 2. The molecular formula is C25H25ClF3N3O3. The highest BCUT2D eigenvalue weighted by molar-refractivity contribution is 6.31. The van der Waals surface area contributed by atoms with Gasteiger partial charge in [0.1, 0.15) is 17.2 Å². The maximum atomic E-state index is 12.9. The predicted octanol–water partition coefficient (Wildman–Crippen LogP) is 6.50. The van der Waals surface area contributed by atoms with Gasteiger partial charge in [0, 0.05) is 31.4 Å². The van der Waals surface area contributed by atoms with Gasteiger partial charge in [-0.05, 0) is 48.4 Å². The maximum absolute atomic E-state index is 12.9. The monoisotopic (exact) mass is 507 g/mol. The molecular weight excluding hydrogens is 483 g/mol. The van der Waals surface area contributed by atoms with E-state index in [-0.39, 0.29) is 23.7 Å². The summed E-state index contributed by atoms with van der Waals surface area (Å²) in [5.41, 5.74) is 0.0779. The fourth-order valence-corrected chi connectivity index (χ4v) is 3.11. The van der Waals surface area contributed by atoms with E-state index in [9.17, 15) is 22.8 Å². The molecule has 1 heterocycles. The van der Waals surface area contributed by atoms with Crippen LogP contribution in [0.3, 0.4) is 0 Å². The molecule has 0 fully saturated rings. The number of pyridine rings is 1. The fourth-order valence-electron chi connectivity index (χ4n) is 2.89. The zero-order valence-electron chi connectivity index (χ0n) is 19.4. The van der Waals surface area contributed by atoms with E-state index >= 15 is 0 Å². The summed E-state index contributed by atoms with van der Waals surface area (Å²) in [6.07, 6.45) is -2.70. The highest BCUT2D eigenvalue weighted by Gasteiger charge is 2.33. The number of hydrogen-bond acceptors (Lipinski definition) is 4. The van der Waals surface area contributed by atoms with Crippen LogP contribution >= 0.6 is 11.6 Å². The van der Waals surface area contributed by atoms with Gasteiger partial charge < -0.3 is 15.4 Å². The molecule has 6 nitrogen and oxygen atoms in total. The van der Waals surface area contributed by atoms with Crippen molar-refractivity contribution in [3.05, 3.63) is 82.6 Å². The molecule has 0 aliphatic rings. The molecule has 3 rings (SSSR count). The second-order valence-corrected chi connectivity index (χ2v) is 7.35. The van der Waals surface area contributed by atoms with Crippen molar-refractivity contribution >= 4 is 29.1 Å². The first-order valence-electron chi connectivity index (χ1n) is 10.8. The van der Waals surface area contributed by atoms with Crippen molar-refractivity contribution in [2.75, 3.05) is 12.4 Å². The van der Waals surface area contributed by atoms with E-state index in [0.717, 1.165) is 17.7 Å². The molecule has 1 aromatic heterocycles. The van der Waals surface area contributed by atoms with Crippen LogP contribution in [0.4, 0.5) is 18.9 Å². The van der Waals surface area contributed by atoms with Crippen LogP contribution in [0, 0.1) is 0 Å². The van der Waals surface area contributed by atoms with Gasteiger partial charge in [0.2, 0.25) is 5.91 Å². The lowest BCUT2D eigenvalue weighted by atomic mass is 10.1. The number of aryl methyl sites for hydroxylation is 1. The Morgan fingerprint density at radius 3 is 2.31 bits per heavy atom. The normalized spacial score (nSPS) is 10.6. The first-order valence-corrected chi connectivity index (χ1v) is 11.1. The lowest BCUT2D eigenvalue weighted by Gasteiger charge is -2.12. The van der Waals surface area contributed by atoms with Gasteiger partial charge in [-0.25, -0.2) is 0 Å². The fraction of sp³-hybridized carbons (Fsp3) is 0.240. The van der Waals surface area contributed by atoms with Crippen LogP contribution in [0.2, 0.25) is 5.02 Å². The zero-order chi connectivity index (χ0) is 26.0. The summed E-state index contributed by atoms with van der Waals surface area (Å²) in [5, 5.41) is 4.51. The Balaban J connectivity index is 0.00000210. The number of alkyl halides is 3. The summed E-state index contributed by atoms with van der Waals surface area (Å²) in [4.78, 5) is 27.8. The summed E-state index contributed by atoms with van der Waals surface area (Å²) >= 11 is 5.59. The Kier molecular flexibility index (Phi) is 10.1. The lowest BCUT2D eigenvalue weighted by molar-refractivity contribution is -0.137. The Bertz CT molecular complexity index is 1150. The number of anilines is 1. The van der Waals surface area contributed by atoms with Crippen molar-refractivity contribution < 1.29 is 27.5 Å². The number of ether oxygens (including phenoxy) is 1. The minimum absolute atomic E-state index is 0.0222. The average molecular weight is 508 g/mol. The van der Waals surface area contributed by atoms with E-state index in [2.05, 4.69) is 15.6 Å². The van der Waals surface area contributed by atoms with Gasteiger partial charge in [-0.3, -0.25) is 14.6 Å². The van der Waals surface area contributed by atoms with Gasteiger partial charge in [0.05, 0.1) is 10.6 Å². The second-order valence-electron chi connectivity index (χ2n) is 6.94. The van der Waals surface area contributed by atoms with E-state index in [1.54, 1.807) is 30.3 Å². The van der Waals surface area contributed by atoms with Crippen molar-refractivity contribution in [2.24, 2.45) is 0 Å². The average Bonchev–Trinajstić information content (AvgIpc) is 2.85. The minimum atomic E-state index is -4.61. The second kappa shape index (κ2) is 12.8.